The molecule has 0 bridgehead atoms. The minimum Gasteiger partial charge on any atom is -0.460 e. The molecule has 4 N–H and O–H groups in total. The molecule has 0 aromatic rings. The van der Waals surface area contributed by atoms with E-state index in [0.29, 0.717) is 0 Å². The summed E-state index contributed by atoms with van der Waals surface area (Å²) in [6.07, 6.45) is -4.54. The molecule has 0 unspecified atom stereocenters. The van der Waals surface area contributed by atoms with E-state index in [4.69, 9.17) is 10.2 Å². The van der Waals surface area contributed by atoms with Crippen LogP contribution in [0.5, 0.6) is 0 Å². The van der Waals surface area contributed by atoms with E-state index in [-0.39, 0.29) is 0 Å². The first kappa shape index (κ1) is 14.7. The number of esters is 1. The fraction of sp³-hybridized carbons (Fsp3) is 0.556. The van der Waals surface area contributed by atoms with Crippen LogP contribution in [-0.2, 0) is 14.3 Å². The molecule has 7 nitrogen and oxygen atoms in total. The van der Waals surface area contributed by atoms with Crippen LogP contribution in [0.1, 0.15) is 0 Å². The molecule has 0 spiro atoms. The molecule has 0 aliphatic carbocycles. The Morgan fingerprint density at radius 2 is 1.88 bits per heavy atom. The topological polar surface area (TPSA) is 124 Å². The molecular formula is C9H14O7. The summed E-state index contributed by atoms with van der Waals surface area (Å²) < 4.78 is 4.39. The van der Waals surface area contributed by atoms with Crippen molar-refractivity contribution in [2.45, 2.75) is 18.3 Å². The molecule has 7 heteroatoms. The predicted molar refractivity (Wildman–Crippen MR) is 51.3 cm³/mol. The van der Waals surface area contributed by atoms with Gasteiger partial charge < -0.3 is 25.2 Å². The molecule has 0 fully saturated rings. The molecule has 3 atom stereocenters. The third-order valence-electron chi connectivity index (χ3n) is 1.77. The molecule has 0 radical (unpaired) electrons. The van der Waals surface area contributed by atoms with E-state index in [1.54, 1.807) is 0 Å². The number of ether oxygens (including phenoxy) is 1. The van der Waals surface area contributed by atoms with Gasteiger partial charge in [-0.3, -0.25) is 4.79 Å². The normalized spacial score (nSPS) is 16.0. The van der Waals surface area contributed by atoms with Crippen molar-refractivity contribution in [3.63, 3.8) is 0 Å². The third kappa shape index (κ3) is 4.49. The van der Waals surface area contributed by atoms with Crippen molar-refractivity contribution in [3.05, 3.63) is 12.7 Å². The van der Waals surface area contributed by atoms with Crippen LogP contribution in [0, 0.1) is 0 Å². The number of Topliss-reactive ketones (excluding diaryl/α,β-unsaturated/α-hetero) is 1. The van der Waals surface area contributed by atoms with Crippen LogP contribution in [0.15, 0.2) is 12.7 Å². The molecule has 0 aliphatic heterocycles. The zero-order valence-corrected chi connectivity index (χ0v) is 8.44. The van der Waals surface area contributed by atoms with Gasteiger partial charge in [0.05, 0.1) is 0 Å². The lowest BCUT2D eigenvalue weighted by Crippen LogP contribution is -2.45. The number of hydrogen-bond acceptors (Lipinski definition) is 7. The second kappa shape index (κ2) is 7.07. The highest BCUT2D eigenvalue weighted by atomic mass is 16.5. The lowest BCUT2D eigenvalue weighted by Gasteiger charge is -2.20. The van der Waals surface area contributed by atoms with Crippen LogP contribution < -0.4 is 0 Å². The summed E-state index contributed by atoms with van der Waals surface area (Å²) in [6.45, 7) is 1.55. The Balaban J connectivity index is 4.16. The minimum absolute atomic E-state index is 0.595. The quantitative estimate of drug-likeness (QED) is 0.280. The van der Waals surface area contributed by atoms with Gasteiger partial charge in [-0.2, -0.15) is 0 Å². The number of hydrogen-bond donors (Lipinski definition) is 4. The second-order valence-electron chi connectivity index (χ2n) is 2.96. The predicted octanol–water partition coefficient (Wildman–Crippen LogP) is -2.64. The zero-order chi connectivity index (χ0) is 12.7. The molecule has 0 amide bonds. The van der Waals surface area contributed by atoms with Gasteiger partial charge in [0, 0.05) is 6.08 Å². The maximum absolute atomic E-state index is 10.8. The summed E-state index contributed by atoms with van der Waals surface area (Å²) in [5.41, 5.74) is 0. The van der Waals surface area contributed by atoms with E-state index in [0.717, 1.165) is 6.08 Å². The van der Waals surface area contributed by atoms with E-state index < -0.39 is 43.3 Å². The summed E-state index contributed by atoms with van der Waals surface area (Å²) in [5.74, 6) is -1.85. The molecule has 0 aromatic heterocycles. The standard InChI is InChI=1S/C9H14O7/c1-2-7(13)16-4-6(12)9(15)8(14)5(11)3-10/h2,6,8-10,12,14-15H,1,3-4H2/t6-,8-,9+/m1/s1. The summed E-state index contributed by atoms with van der Waals surface area (Å²) >= 11 is 0. The highest BCUT2D eigenvalue weighted by Gasteiger charge is 2.30. The largest absolute Gasteiger partial charge is 0.460 e. The maximum atomic E-state index is 10.8. The lowest BCUT2D eigenvalue weighted by atomic mass is 10.1. The highest BCUT2D eigenvalue weighted by molar-refractivity contribution is 5.84. The van der Waals surface area contributed by atoms with Gasteiger partial charge >= 0.3 is 5.97 Å². The van der Waals surface area contributed by atoms with Crippen LogP contribution in [-0.4, -0.2) is 63.7 Å². The summed E-state index contributed by atoms with van der Waals surface area (Å²) in [4.78, 5) is 21.4. The van der Waals surface area contributed by atoms with Crippen molar-refractivity contribution >= 4 is 11.8 Å². The van der Waals surface area contributed by atoms with Crippen LogP contribution >= 0.6 is 0 Å². The molecule has 0 aromatic carbocycles. The first-order valence-corrected chi connectivity index (χ1v) is 4.41. The van der Waals surface area contributed by atoms with Crippen molar-refractivity contribution in [2.75, 3.05) is 13.2 Å². The van der Waals surface area contributed by atoms with Gasteiger partial charge in [0.1, 0.15) is 31.5 Å². The van der Waals surface area contributed by atoms with Gasteiger partial charge in [-0.1, -0.05) is 6.58 Å². The van der Waals surface area contributed by atoms with E-state index in [1.807, 2.05) is 0 Å². The van der Waals surface area contributed by atoms with Crippen LogP contribution in [0.25, 0.3) is 0 Å². The smallest absolute Gasteiger partial charge is 0.330 e. The fourth-order valence-corrected chi connectivity index (χ4v) is 0.819. The van der Waals surface area contributed by atoms with Crippen molar-refractivity contribution < 1.29 is 34.8 Å². The van der Waals surface area contributed by atoms with Crippen LogP contribution in [0.2, 0.25) is 0 Å². The van der Waals surface area contributed by atoms with Gasteiger partial charge in [-0.15, -0.1) is 0 Å². The number of ketones is 1. The van der Waals surface area contributed by atoms with Crippen molar-refractivity contribution in [3.8, 4) is 0 Å². The van der Waals surface area contributed by atoms with Crippen LogP contribution in [0.3, 0.4) is 0 Å². The molecule has 0 saturated heterocycles. The molecule has 92 valence electrons. The Morgan fingerprint density at radius 1 is 1.31 bits per heavy atom. The lowest BCUT2D eigenvalue weighted by molar-refractivity contribution is -0.151. The van der Waals surface area contributed by atoms with Crippen molar-refractivity contribution in [2.24, 2.45) is 0 Å². The Bertz CT molecular complexity index is 263. The van der Waals surface area contributed by atoms with Gasteiger partial charge in [-0.25, -0.2) is 4.79 Å². The SMILES string of the molecule is C=CC(=O)OC[C@@H](O)[C@H](O)[C@H](O)C(=O)CO. The second-order valence-corrected chi connectivity index (χ2v) is 2.96. The van der Waals surface area contributed by atoms with E-state index in [1.165, 1.54) is 0 Å². The number of aliphatic hydroxyl groups is 4. The first-order chi connectivity index (χ1) is 7.43. The Hall–Kier alpha value is -1.28. The molecule has 0 rings (SSSR count). The van der Waals surface area contributed by atoms with Gasteiger partial charge in [0.25, 0.3) is 0 Å². The van der Waals surface area contributed by atoms with Gasteiger partial charge in [0.15, 0.2) is 5.78 Å². The van der Waals surface area contributed by atoms with Crippen molar-refractivity contribution in [1.29, 1.82) is 0 Å². The summed E-state index contributed by atoms with van der Waals surface area (Å²) in [5, 5.41) is 35.9. The Morgan fingerprint density at radius 3 is 2.31 bits per heavy atom. The first-order valence-electron chi connectivity index (χ1n) is 4.41. The number of carbonyl (C=O) groups is 2. The average molecular weight is 234 g/mol. The Labute approximate surface area is 91.6 Å². The van der Waals surface area contributed by atoms with E-state index >= 15 is 0 Å². The zero-order valence-electron chi connectivity index (χ0n) is 8.44. The molecule has 0 aliphatic rings. The summed E-state index contributed by atoms with van der Waals surface area (Å²) in [6, 6.07) is 0. The molecule has 16 heavy (non-hydrogen) atoms. The number of aliphatic hydroxyl groups excluding tert-OH is 4. The number of carbonyl (C=O) groups excluding carboxylic acids is 2. The van der Waals surface area contributed by atoms with E-state index in [2.05, 4.69) is 11.3 Å². The number of rotatable bonds is 7. The van der Waals surface area contributed by atoms with Gasteiger partial charge in [-0.05, 0) is 0 Å². The minimum atomic E-state index is -1.93. The summed E-state index contributed by atoms with van der Waals surface area (Å²) in [7, 11) is 0. The molecular weight excluding hydrogens is 220 g/mol. The van der Waals surface area contributed by atoms with Gasteiger partial charge in [0.2, 0.25) is 0 Å². The van der Waals surface area contributed by atoms with Crippen molar-refractivity contribution in [1.82, 2.24) is 0 Å². The Kier molecular flexibility index (Phi) is 6.50. The average Bonchev–Trinajstić information content (AvgIpc) is 2.32. The fourth-order valence-electron chi connectivity index (χ4n) is 0.819. The van der Waals surface area contributed by atoms with E-state index in [9.17, 15) is 19.8 Å². The maximum Gasteiger partial charge on any atom is 0.330 e. The highest BCUT2D eigenvalue weighted by Crippen LogP contribution is 2.02. The molecule has 0 saturated carbocycles. The third-order valence-corrected chi connectivity index (χ3v) is 1.77. The monoisotopic (exact) mass is 234 g/mol. The van der Waals surface area contributed by atoms with Crippen LogP contribution in [0.4, 0.5) is 0 Å². The molecule has 0 heterocycles.